The Balaban J connectivity index is 1.87. The molecule has 0 saturated carbocycles. The van der Waals surface area contributed by atoms with Crippen LogP contribution in [0.3, 0.4) is 0 Å². The molecule has 0 unspecified atom stereocenters. The molecule has 3 rings (SSSR count). The van der Waals surface area contributed by atoms with Crippen molar-refractivity contribution in [2.75, 3.05) is 11.9 Å². The van der Waals surface area contributed by atoms with Crippen molar-refractivity contribution >= 4 is 5.82 Å². The van der Waals surface area contributed by atoms with Crippen LogP contribution < -0.4 is 5.32 Å². The van der Waals surface area contributed by atoms with E-state index in [9.17, 15) is 0 Å². The van der Waals surface area contributed by atoms with Crippen molar-refractivity contribution in [3.05, 3.63) is 41.1 Å². The largest absolute Gasteiger partial charge is 0.370 e. The van der Waals surface area contributed by atoms with E-state index in [-0.39, 0.29) is 0 Å². The Kier molecular flexibility index (Phi) is 3.72. The Morgan fingerprint density at radius 3 is 2.90 bits per heavy atom. The van der Waals surface area contributed by atoms with Crippen LogP contribution in [0.4, 0.5) is 5.82 Å². The molecule has 4 heteroatoms. The number of nitrogens with one attached hydrogen (secondary N) is 1. The molecule has 0 bridgehead atoms. The van der Waals surface area contributed by atoms with E-state index in [0.29, 0.717) is 0 Å². The van der Waals surface area contributed by atoms with Crippen molar-refractivity contribution in [3.63, 3.8) is 0 Å². The highest BCUT2D eigenvalue weighted by molar-refractivity contribution is 5.35. The highest BCUT2D eigenvalue weighted by Crippen LogP contribution is 2.22. The lowest BCUT2D eigenvalue weighted by atomic mass is 10.0. The van der Waals surface area contributed by atoms with Crippen LogP contribution >= 0.6 is 0 Å². The van der Waals surface area contributed by atoms with Gasteiger partial charge in [0.2, 0.25) is 0 Å². The van der Waals surface area contributed by atoms with Gasteiger partial charge in [-0.05, 0) is 51.7 Å². The maximum Gasteiger partial charge on any atom is 0.126 e. The molecule has 0 aromatic carbocycles. The molecule has 0 atom stereocenters. The summed E-state index contributed by atoms with van der Waals surface area (Å²) < 4.78 is 2.34. The molecule has 0 saturated heterocycles. The van der Waals surface area contributed by atoms with Crippen molar-refractivity contribution in [1.82, 2.24) is 14.5 Å². The fourth-order valence-corrected chi connectivity index (χ4v) is 2.95. The second kappa shape index (κ2) is 5.65. The van der Waals surface area contributed by atoms with Crippen molar-refractivity contribution < 1.29 is 0 Å². The van der Waals surface area contributed by atoms with E-state index in [1.54, 1.807) is 0 Å². The molecule has 0 amide bonds. The van der Waals surface area contributed by atoms with Gasteiger partial charge in [0.05, 0.1) is 17.9 Å². The monoisotopic (exact) mass is 270 g/mol. The lowest BCUT2D eigenvalue weighted by Crippen LogP contribution is -2.11. The predicted octanol–water partition coefficient (Wildman–Crippen LogP) is 2.95. The molecule has 1 aliphatic carbocycles. The van der Waals surface area contributed by atoms with Gasteiger partial charge >= 0.3 is 0 Å². The number of aryl methyl sites for hydroxylation is 2. The molecule has 1 aliphatic rings. The number of hydrogen-bond acceptors (Lipinski definition) is 3. The van der Waals surface area contributed by atoms with Crippen LogP contribution in [-0.2, 0) is 19.4 Å². The fourth-order valence-electron chi connectivity index (χ4n) is 2.95. The van der Waals surface area contributed by atoms with E-state index in [4.69, 9.17) is 4.98 Å². The van der Waals surface area contributed by atoms with Crippen LogP contribution in [0.1, 0.15) is 42.7 Å². The molecule has 4 nitrogen and oxygen atoms in total. The minimum Gasteiger partial charge on any atom is -0.370 e. The van der Waals surface area contributed by atoms with E-state index in [1.807, 2.05) is 6.07 Å². The first kappa shape index (κ1) is 13.2. The van der Waals surface area contributed by atoms with Gasteiger partial charge in [0.15, 0.2) is 0 Å². The molecule has 1 N–H and O–H groups in total. The molecular weight excluding hydrogens is 248 g/mol. The average Bonchev–Trinajstić information content (AvgIpc) is 2.76. The van der Waals surface area contributed by atoms with Gasteiger partial charge in [-0.25, -0.2) is 9.97 Å². The standard InChI is InChI=1S/C16H22N4/c1-3-17-16-10-6-7-13(19-16)11-20-12(2)18-14-8-4-5-9-15(14)20/h6-7,10H,3-5,8-9,11H2,1-2H3,(H,17,19). The van der Waals surface area contributed by atoms with Crippen LogP contribution in [0.15, 0.2) is 18.2 Å². The average molecular weight is 270 g/mol. The topological polar surface area (TPSA) is 42.7 Å². The molecule has 0 aliphatic heterocycles. The Hall–Kier alpha value is -1.84. The Morgan fingerprint density at radius 1 is 1.20 bits per heavy atom. The Labute approximate surface area is 120 Å². The normalized spacial score (nSPS) is 14.1. The third-order valence-electron chi connectivity index (χ3n) is 3.91. The molecule has 2 aromatic heterocycles. The summed E-state index contributed by atoms with van der Waals surface area (Å²) in [7, 11) is 0. The zero-order valence-electron chi connectivity index (χ0n) is 12.3. The summed E-state index contributed by atoms with van der Waals surface area (Å²) in [6.45, 7) is 5.92. The molecule has 0 spiro atoms. The van der Waals surface area contributed by atoms with Gasteiger partial charge in [-0.1, -0.05) is 6.07 Å². The number of fused-ring (bicyclic) bond motifs is 1. The van der Waals surface area contributed by atoms with Gasteiger partial charge in [0, 0.05) is 12.2 Å². The predicted molar refractivity (Wildman–Crippen MR) is 81.1 cm³/mol. The minimum atomic E-state index is 0.827. The van der Waals surface area contributed by atoms with Crippen molar-refractivity contribution in [2.45, 2.75) is 46.1 Å². The molecule has 0 radical (unpaired) electrons. The van der Waals surface area contributed by atoms with Crippen LogP contribution in [0.25, 0.3) is 0 Å². The number of imidazole rings is 1. The first-order valence-corrected chi connectivity index (χ1v) is 7.52. The number of anilines is 1. The second-order valence-electron chi connectivity index (χ2n) is 5.39. The number of nitrogens with zero attached hydrogens (tertiary/aromatic N) is 3. The summed E-state index contributed by atoms with van der Waals surface area (Å²) in [5.41, 5.74) is 3.82. The van der Waals surface area contributed by atoms with Crippen LogP contribution in [0.2, 0.25) is 0 Å². The molecule has 20 heavy (non-hydrogen) atoms. The van der Waals surface area contributed by atoms with E-state index < -0.39 is 0 Å². The van der Waals surface area contributed by atoms with E-state index in [2.05, 4.69) is 40.8 Å². The summed E-state index contributed by atoms with van der Waals surface area (Å²) in [5, 5.41) is 3.27. The van der Waals surface area contributed by atoms with Crippen molar-refractivity contribution in [1.29, 1.82) is 0 Å². The van der Waals surface area contributed by atoms with Crippen LogP contribution in [0, 0.1) is 6.92 Å². The van der Waals surface area contributed by atoms with Gasteiger partial charge in [-0.15, -0.1) is 0 Å². The van der Waals surface area contributed by atoms with Gasteiger partial charge in [0.1, 0.15) is 11.6 Å². The van der Waals surface area contributed by atoms with Crippen molar-refractivity contribution in [2.24, 2.45) is 0 Å². The van der Waals surface area contributed by atoms with Crippen LogP contribution in [0.5, 0.6) is 0 Å². The summed E-state index contributed by atoms with van der Waals surface area (Å²) in [6.07, 6.45) is 4.84. The summed E-state index contributed by atoms with van der Waals surface area (Å²) in [4.78, 5) is 9.39. The smallest absolute Gasteiger partial charge is 0.126 e. The van der Waals surface area contributed by atoms with E-state index in [0.717, 1.165) is 43.3 Å². The number of pyridine rings is 1. The maximum atomic E-state index is 4.73. The lowest BCUT2D eigenvalue weighted by Gasteiger charge is -2.15. The summed E-state index contributed by atoms with van der Waals surface area (Å²) in [5.74, 6) is 2.07. The summed E-state index contributed by atoms with van der Waals surface area (Å²) in [6, 6.07) is 6.18. The number of rotatable bonds is 4. The molecule has 106 valence electrons. The maximum absolute atomic E-state index is 4.73. The van der Waals surface area contributed by atoms with Gasteiger partial charge in [-0.3, -0.25) is 0 Å². The SMILES string of the molecule is CCNc1cccc(Cn2c(C)nc3c2CCCC3)n1. The zero-order valence-corrected chi connectivity index (χ0v) is 12.3. The highest BCUT2D eigenvalue weighted by atomic mass is 15.1. The third-order valence-corrected chi connectivity index (χ3v) is 3.91. The molecule has 2 heterocycles. The molecule has 0 fully saturated rings. The van der Waals surface area contributed by atoms with E-state index >= 15 is 0 Å². The fraction of sp³-hybridized carbons (Fsp3) is 0.500. The first-order chi connectivity index (χ1) is 9.78. The molecular formula is C16H22N4. The minimum absolute atomic E-state index is 0.827. The number of hydrogen-bond donors (Lipinski definition) is 1. The first-order valence-electron chi connectivity index (χ1n) is 7.52. The van der Waals surface area contributed by atoms with Crippen LogP contribution in [-0.4, -0.2) is 21.1 Å². The Morgan fingerprint density at radius 2 is 2.05 bits per heavy atom. The second-order valence-corrected chi connectivity index (χ2v) is 5.39. The van der Waals surface area contributed by atoms with Gasteiger partial charge < -0.3 is 9.88 Å². The Bertz CT molecular complexity index is 601. The zero-order chi connectivity index (χ0) is 13.9. The molecule has 2 aromatic rings. The van der Waals surface area contributed by atoms with Gasteiger partial charge in [0.25, 0.3) is 0 Å². The van der Waals surface area contributed by atoms with Gasteiger partial charge in [-0.2, -0.15) is 0 Å². The quantitative estimate of drug-likeness (QED) is 0.929. The lowest BCUT2D eigenvalue weighted by molar-refractivity contribution is 0.620. The van der Waals surface area contributed by atoms with Crippen molar-refractivity contribution in [3.8, 4) is 0 Å². The van der Waals surface area contributed by atoms with E-state index in [1.165, 1.54) is 24.2 Å². The summed E-state index contributed by atoms with van der Waals surface area (Å²) >= 11 is 0. The number of aromatic nitrogens is 3. The third kappa shape index (κ3) is 2.55. The highest BCUT2D eigenvalue weighted by Gasteiger charge is 2.18.